The molecule has 2 heteroatoms. The Morgan fingerprint density at radius 2 is 2.33 bits per heavy atom. The van der Waals surface area contributed by atoms with Crippen LogP contribution in [0.25, 0.3) is 0 Å². The van der Waals surface area contributed by atoms with Crippen LogP contribution in [0.4, 0.5) is 0 Å². The van der Waals surface area contributed by atoms with Crippen LogP contribution >= 0.6 is 0 Å². The molecule has 35 valence electrons. The molecule has 0 saturated carbocycles. The lowest BCUT2D eigenvalue weighted by atomic mass is 10.9. The first kappa shape index (κ1) is 5.34. The zero-order valence-electron chi connectivity index (χ0n) is 4.10. The van der Waals surface area contributed by atoms with Gasteiger partial charge in [-0.1, -0.05) is 0 Å². The first-order valence-corrected chi connectivity index (χ1v) is 1.83. The van der Waals surface area contributed by atoms with Crippen molar-refractivity contribution in [3.8, 4) is 0 Å². The topological polar surface area (TPSA) is 26.1 Å². The van der Waals surface area contributed by atoms with Crippen molar-refractivity contribution in [2.45, 2.75) is 0 Å². The second kappa shape index (κ2) is 4.34. The lowest BCUT2D eigenvalue weighted by Gasteiger charge is -1.80. The summed E-state index contributed by atoms with van der Waals surface area (Å²) >= 11 is 0. The summed E-state index contributed by atoms with van der Waals surface area (Å²) in [5.41, 5.74) is 0. The van der Waals surface area contributed by atoms with Gasteiger partial charge in [0.05, 0.1) is 0 Å². The lowest BCUT2D eigenvalue weighted by Crippen LogP contribution is -1.93. The average Bonchev–Trinajstić information content (AvgIpc) is 1.61. The first-order chi connectivity index (χ1) is 2.91. The molecule has 1 N–H and O–H groups in total. The highest BCUT2D eigenvalue weighted by Gasteiger charge is 1.55. The Morgan fingerprint density at radius 3 is 2.50 bits per heavy atom. The van der Waals surface area contributed by atoms with Crippen molar-refractivity contribution in [2.24, 2.45) is 0 Å². The third kappa shape index (κ3) is 3.34. The molecule has 0 spiro atoms. The molecule has 6 heavy (non-hydrogen) atoms. The van der Waals surface area contributed by atoms with Crippen molar-refractivity contribution in [3.05, 3.63) is 12.4 Å². The maximum atomic E-state index is 3.68. The van der Waals surface area contributed by atoms with Gasteiger partial charge in [0.2, 0.25) is 0 Å². The Kier molecular flexibility index (Phi) is 3.86. The number of hydrogen-bond acceptors (Lipinski definition) is 1. The van der Waals surface area contributed by atoms with E-state index in [0.717, 1.165) is 0 Å². The van der Waals surface area contributed by atoms with Gasteiger partial charge < -0.3 is 5.32 Å². The zero-order chi connectivity index (χ0) is 4.83. The number of rotatable bonds is 2. The summed E-state index contributed by atoms with van der Waals surface area (Å²) in [5, 5.41) is 6.48. The monoisotopic (exact) mass is 85.1 g/mol. The molecule has 0 aromatic heterocycles. The van der Waals surface area contributed by atoms with Crippen molar-refractivity contribution in [2.75, 3.05) is 14.1 Å². The van der Waals surface area contributed by atoms with Crippen LogP contribution in [0, 0.1) is 0 Å². The van der Waals surface area contributed by atoms with E-state index in [2.05, 4.69) is 10.6 Å². The fraction of sp³-hybridized carbons (Fsp3) is 0.500. The summed E-state index contributed by atoms with van der Waals surface area (Å²) < 4.78 is 0. The van der Waals surface area contributed by atoms with E-state index in [1.807, 2.05) is 7.05 Å². The Balaban J connectivity index is 2.73. The largest absolute Gasteiger partial charge is 0.393 e. The number of hydrogen-bond donors (Lipinski definition) is 1. The second-order valence-corrected chi connectivity index (χ2v) is 0.863. The smallest absolute Gasteiger partial charge is 0.0365 e. The van der Waals surface area contributed by atoms with Crippen molar-refractivity contribution >= 4 is 0 Å². The van der Waals surface area contributed by atoms with Crippen LogP contribution in [0.15, 0.2) is 12.4 Å². The van der Waals surface area contributed by atoms with Gasteiger partial charge in [-0.05, 0) is 0 Å². The summed E-state index contributed by atoms with van der Waals surface area (Å²) in [7, 11) is 3.56. The molecule has 0 unspecified atom stereocenters. The standard InChI is InChI=1S/C4H9N2/c1-5-3-4-6-2/h3-5H,1-2H3/b4-3+. The minimum absolute atomic E-state index is 1.69. The molecule has 0 fully saturated rings. The molecular formula is C4H9N2. The van der Waals surface area contributed by atoms with Gasteiger partial charge in [0.1, 0.15) is 0 Å². The normalized spacial score (nSPS) is 9.00. The van der Waals surface area contributed by atoms with Crippen molar-refractivity contribution in [3.63, 3.8) is 0 Å². The van der Waals surface area contributed by atoms with E-state index >= 15 is 0 Å². The molecule has 0 atom stereocenters. The molecule has 0 amide bonds. The van der Waals surface area contributed by atoms with Crippen molar-refractivity contribution < 1.29 is 0 Å². The summed E-state index contributed by atoms with van der Waals surface area (Å²) in [6.45, 7) is 0. The van der Waals surface area contributed by atoms with Crippen LogP contribution in [0.2, 0.25) is 0 Å². The first-order valence-electron chi connectivity index (χ1n) is 1.83. The summed E-state index contributed by atoms with van der Waals surface area (Å²) in [4.78, 5) is 0. The van der Waals surface area contributed by atoms with E-state index < -0.39 is 0 Å². The SMILES string of the molecule is C[N]/C=C/NC. The van der Waals surface area contributed by atoms with Crippen LogP contribution in [-0.2, 0) is 0 Å². The minimum atomic E-state index is 1.69. The molecule has 1 radical (unpaired) electrons. The fourth-order valence-corrected chi connectivity index (χ4v) is 0.149. The van der Waals surface area contributed by atoms with E-state index in [-0.39, 0.29) is 0 Å². The number of nitrogens with one attached hydrogen (secondary N) is 1. The highest BCUT2D eigenvalue weighted by Crippen LogP contribution is 1.52. The minimum Gasteiger partial charge on any atom is -0.393 e. The van der Waals surface area contributed by atoms with Crippen LogP contribution in [-0.4, -0.2) is 14.1 Å². The fourth-order valence-electron chi connectivity index (χ4n) is 0.149. The molecule has 0 saturated heterocycles. The Bertz CT molecular complexity index is 34.8. The van der Waals surface area contributed by atoms with Gasteiger partial charge in [-0.25, -0.2) is 0 Å². The van der Waals surface area contributed by atoms with E-state index in [1.165, 1.54) is 0 Å². The molecule has 0 aliphatic carbocycles. The van der Waals surface area contributed by atoms with Gasteiger partial charge in [-0.15, -0.1) is 0 Å². The molecule has 0 aliphatic rings. The summed E-state index contributed by atoms with van der Waals surface area (Å²) in [5.74, 6) is 0. The molecule has 0 aromatic rings. The maximum Gasteiger partial charge on any atom is 0.0365 e. The van der Waals surface area contributed by atoms with Crippen LogP contribution in [0.3, 0.4) is 0 Å². The molecular weight excluding hydrogens is 76.1 g/mol. The molecule has 0 bridgehead atoms. The molecule has 0 aromatic carbocycles. The van der Waals surface area contributed by atoms with Gasteiger partial charge in [0.15, 0.2) is 0 Å². The second-order valence-electron chi connectivity index (χ2n) is 0.863. The van der Waals surface area contributed by atoms with Gasteiger partial charge in [-0.3, -0.25) is 5.32 Å². The Labute approximate surface area is 38.2 Å². The zero-order valence-corrected chi connectivity index (χ0v) is 4.10. The average molecular weight is 85.1 g/mol. The van der Waals surface area contributed by atoms with Gasteiger partial charge >= 0.3 is 0 Å². The van der Waals surface area contributed by atoms with Crippen molar-refractivity contribution in [1.29, 1.82) is 0 Å². The van der Waals surface area contributed by atoms with Crippen LogP contribution < -0.4 is 10.6 Å². The Morgan fingerprint density at radius 1 is 1.67 bits per heavy atom. The predicted octanol–water partition coefficient (Wildman–Crippen LogP) is -0.0888. The molecule has 0 rings (SSSR count). The van der Waals surface area contributed by atoms with Gasteiger partial charge in [-0.2, -0.15) is 0 Å². The van der Waals surface area contributed by atoms with Gasteiger partial charge in [0, 0.05) is 26.5 Å². The van der Waals surface area contributed by atoms with Crippen LogP contribution in [0.5, 0.6) is 0 Å². The predicted molar refractivity (Wildman–Crippen MR) is 26.3 cm³/mol. The summed E-state index contributed by atoms with van der Waals surface area (Å²) in [6.07, 6.45) is 3.46. The lowest BCUT2D eigenvalue weighted by molar-refractivity contribution is 1.02. The maximum absolute atomic E-state index is 3.68. The highest BCUT2D eigenvalue weighted by molar-refractivity contribution is 4.71. The summed E-state index contributed by atoms with van der Waals surface area (Å²) in [6, 6.07) is 0. The Hall–Kier alpha value is -0.660. The van der Waals surface area contributed by atoms with E-state index in [1.54, 1.807) is 19.4 Å². The van der Waals surface area contributed by atoms with E-state index in [0.29, 0.717) is 0 Å². The molecule has 2 nitrogen and oxygen atoms in total. The molecule has 0 aliphatic heterocycles. The van der Waals surface area contributed by atoms with Gasteiger partial charge in [0.25, 0.3) is 0 Å². The van der Waals surface area contributed by atoms with Crippen molar-refractivity contribution in [1.82, 2.24) is 10.6 Å². The third-order valence-corrected chi connectivity index (χ3v) is 0.390. The quantitative estimate of drug-likeness (QED) is 0.498. The van der Waals surface area contributed by atoms with E-state index in [9.17, 15) is 0 Å². The highest BCUT2D eigenvalue weighted by atomic mass is 14.8. The third-order valence-electron chi connectivity index (χ3n) is 0.390. The van der Waals surface area contributed by atoms with E-state index in [4.69, 9.17) is 0 Å². The van der Waals surface area contributed by atoms with Crippen LogP contribution in [0.1, 0.15) is 0 Å². The number of nitrogens with zero attached hydrogens (tertiary/aromatic N) is 1. The molecule has 0 heterocycles.